The molecular formula is C18H28N4O4. The molecule has 1 atom stereocenters. The number of aromatic amines is 1. The van der Waals surface area contributed by atoms with Crippen molar-refractivity contribution in [2.24, 2.45) is 0 Å². The fourth-order valence-corrected chi connectivity index (χ4v) is 3.80. The molecule has 0 bridgehead atoms. The van der Waals surface area contributed by atoms with Crippen LogP contribution in [0.1, 0.15) is 29.9 Å². The maximum absolute atomic E-state index is 12.8. The number of aliphatic hydroxyl groups is 1. The average molecular weight is 364 g/mol. The van der Waals surface area contributed by atoms with Gasteiger partial charge in [0.1, 0.15) is 11.4 Å². The molecule has 144 valence electrons. The summed E-state index contributed by atoms with van der Waals surface area (Å²) in [5.41, 5.74) is -0.405. The standard InChI is InChI=1S/C18H28N4O4/c1-13-15(17(24)20-14(2)19-13)9-16(23)22-7-8-26-12-18(25,11-22)10-21-5-3-4-6-21/h25H,3-12H2,1-2H3,(H,19,20,24). The summed E-state index contributed by atoms with van der Waals surface area (Å²) in [5, 5.41) is 11.0. The van der Waals surface area contributed by atoms with Crippen LogP contribution in [0.15, 0.2) is 4.79 Å². The Labute approximate surface area is 153 Å². The first-order valence-corrected chi connectivity index (χ1v) is 9.23. The molecule has 1 unspecified atom stereocenters. The van der Waals surface area contributed by atoms with Gasteiger partial charge >= 0.3 is 0 Å². The molecule has 0 spiro atoms. The summed E-state index contributed by atoms with van der Waals surface area (Å²) in [5.74, 6) is 0.349. The van der Waals surface area contributed by atoms with Gasteiger partial charge in [-0.1, -0.05) is 0 Å². The molecule has 0 saturated carbocycles. The Bertz CT molecular complexity index is 714. The summed E-state index contributed by atoms with van der Waals surface area (Å²) in [6.45, 7) is 7.14. The Morgan fingerprint density at radius 1 is 1.31 bits per heavy atom. The summed E-state index contributed by atoms with van der Waals surface area (Å²) in [6, 6.07) is 0. The normalized spacial score (nSPS) is 24.7. The number of aromatic nitrogens is 2. The van der Waals surface area contributed by atoms with Crippen LogP contribution in [0.5, 0.6) is 0 Å². The number of nitrogens with one attached hydrogen (secondary N) is 1. The molecule has 2 aliphatic rings. The number of ether oxygens (including phenoxy) is 1. The summed E-state index contributed by atoms with van der Waals surface area (Å²) in [6.07, 6.45) is 2.26. The van der Waals surface area contributed by atoms with Gasteiger partial charge in [-0.3, -0.25) is 9.59 Å². The lowest BCUT2D eigenvalue weighted by Gasteiger charge is -2.34. The fourth-order valence-electron chi connectivity index (χ4n) is 3.80. The number of nitrogens with zero attached hydrogens (tertiary/aromatic N) is 3. The van der Waals surface area contributed by atoms with Crippen molar-refractivity contribution in [3.05, 3.63) is 27.4 Å². The van der Waals surface area contributed by atoms with Crippen molar-refractivity contribution in [2.75, 3.05) is 45.9 Å². The van der Waals surface area contributed by atoms with Crippen LogP contribution in [0.3, 0.4) is 0 Å². The highest BCUT2D eigenvalue weighted by Gasteiger charge is 2.36. The number of hydrogen-bond acceptors (Lipinski definition) is 6. The zero-order chi connectivity index (χ0) is 18.7. The zero-order valence-electron chi connectivity index (χ0n) is 15.6. The van der Waals surface area contributed by atoms with Crippen molar-refractivity contribution in [1.82, 2.24) is 19.8 Å². The Kier molecular flexibility index (Phi) is 5.74. The first kappa shape index (κ1) is 19.0. The molecule has 26 heavy (non-hydrogen) atoms. The number of hydrogen-bond donors (Lipinski definition) is 2. The second-order valence-electron chi connectivity index (χ2n) is 7.47. The maximum atomic E-state index is 12.8. The highest BCUT2D eigenvalue weighted by Crippen LogP contribution is 2.18. The highest BCUT2D eigenvalue weighted by molar-refractivity contribution is 5.79. The number of likely N-dealkylation sites (tertiary alicyclic amines) is 1. The molecule has 3 heterocycles. The minimum Gasteiger partial charge on any atom is -0.384 e. The number of carbonyl (C=O) groups is 1. The maximum Gasteiger partial charge on any atom is 0.254 e. The van der Waals surface area contributed by atoms with Crippen LogP contribution < -0.4 is 5.56 Å². The molecular weight excluding hydrogens is 336 g/mol. The molecule has 1 amide bonds. The quantitative estimate of drug-likeness (QED) is 0.755. The molecule has 8 heteroatoms. The van der Waals surface area contributed by atoms with Gasteiger partial charge in [-0.05, 0) is 39.8 Å². The lowest BCUT2D eigenvalue weighted by molar-refractivity contribution is -0.133. The van der Waals surface area contributed by atoms with E-state index in [4.69, 9.17) is 4.74 Å². The van der Waals surface area contributed by atoms with Crippen LogP contribution in [0.2, 0.25) is 0 Å². The van der Waals surface area contributed by atoms with E-state index in [0.717, 1.165) is 25.9 Å². The van der Waals surface area contributed by atoms with Crippen LogP contribution in [-0.2, 0) is 16.0 Å². The second kappa shape index (κ2) is 7.85. The van der Waals surface area contributed by atoms with Crippen LogP contribution in [-0.4, -0.2) is 82.3 Å². The molecule has 3 rings (SSSR count). The SMILES string of the molecule is Cc1nc(C)c(CC(=O)N2CCOCC(O)(CN3CCCC3)C2)c(=O)[nH]1. The fraction of sp³-hybridized carbons (Fsp3) is 0.722. The minimum absolute atomic E-state index is 0.0196. The van der Waals surface area contributed by atoms with Crippen molar-refractivity contribution >= 4 is 5.91 Å². The molecule has 0 aliphatic carbocycles. The summed E-state index contributed by atoms with van der Waals surface area (Å²) in [7, 11) is 0. The van der Waals surface area contributed by atoms with Crippen molar-refractivity contribution in [1.29, 1.82) is 0 Å². The number of aryl methyl sites for hydroxylation is 2. The third-order valence-electron chi connectivity index (χ3n) is 5.10. The van der Waals surface area contributed by atoms with Gasteiger partial charge in [-0.15, -0.1) is 0 Å². The Balaban J connectivity index is 1.70. The molecule has 2 aliphatic heterocycles. The predicted octanol–water partition coefficient (Wildman–Crippen LogP) is -0.385. The van der Waals surface area contributed by atoms with E-state index in [2.05, 4.69) is 14.9 Å². The monoisotopic (exact) mass is 364 g/mol. The molecule has 2 fully saturated rings. The van der Waals surface area contributed by atoms with Crippen LogP contribution >= 0.6 is 0 Å². The van der Waals surface area contributed by atoms with Gasteiger partial charge in [0.2, 0.25) is 5.91 Å². The predicted molar refractivity (Wildman–Crippen MR) is 96.1 cm³/mol. The van der Waals surface area contributed by atoms with E-state index in [1.807, 2.05) is 0 Å². The summed E-state index contributed by atoms with van der Waals surface area (Å²) in [4.78, 5) is 35.7. The molecule has 8 nitrogen and oxygen atoms in total. The van der Waals surface area contributed by atoms with Crippen LogP contribution in [0, 0.1) is 13.8 Å². The van der Waals surface area contributed by atoms with Crippen molar-refractivity contribution in [3.8, 4) is 0 Å². The number of β-amino-alcohol motifs (C(OH)–C–C–N with tert-alkyl or cyclic N) is 1. The number of H-pyrrole nitrogens is 1. The van der Waals surface area contributed by atoms with Crippen molar-refractivity contribution in [2.45, 2.75) is 38.7 Å². The third-order valence-corrected chi connectivity index (χ3v) is 5.10. The van der Waals surface area contributed by atoms with Gasteiger partial charge in [0.25, 0.3) is 5.56 Å². The average Bonchev–Trinajstić information content (AvgIpc) is 2.98. The molecule has 1 aromatic heterocycles. The van der Waals surface area contributed by atoms with Gasteiger partial charge in [0.05, 0.1) is 26.2 Å². The first-order valence-electron chi connectivity index (χ1n) is 9.23. The molecule has 0 radical (unpaired) electrons. The Morgan fingerprint density at radius 2 is 2.04 bits per heavy atom. The number of rotatable bonds is 4. The topological polar surface area (TPSA) is 98.8 Å². The highest BCUT2D eigenvalue weighted by atomic mass is 16.5. The van der Waals surface area contributed by atoms with E-state index in [1.165, 1.54) is 0 Å². The second-order valence-corrected chi connectivity index (χ2v) is 7.47. The lowest BCUT2D eigenvalue weighted by Crippen LogP contribution is -2.53. The van der Waals surface area contributed by atoms with Crippen LogP contribution in [0.25, 0.3) is 0 Å². The van der Waals surface area contributed by atoms with Crippen molar-refractivity contribution in [3.63, 3.8) is 0 Å². The van der Waals surface area contributed by atoms with E-state index in [0.29, 0.717) is 36.8 Å². The number of carbonyl (C=O) groups excluding carboxylic acids is 1. The summed E-state index contributed by atoms with van der Waals surface area (Å²) < 4.78 is 5.56. The molecule has 1 aromatic rings. The lowest BCUT2D eigenvalue weighted by atomic mass is 10.0. The first-order chi connectivity index (χ1) is 12.4. The smallest absolute Gasteiger partial charge is 0.254 e. The zero-order valence-corrected chi connectivity index (χ0v) is 15.6. The van der Waals surface area contributed by atoms with Gasteiger partial charge in [0, 0.05) is 24.3 Å². The van der Waals surface area contributed by atoms with E-state index in [9.17, 15) is 14.7 Å². The molecule has 2 saturated heterocycles. The Hall–Kier alpha value is -1.77. The molecule has 2 N–H and O–H groups in total. The van der Waals surface area contributed by atoms with E-state index in [-0.39, 0.29) is 31.0 Å². The van der Waals surface area contributed by atoms with Crippen LogP contribution in [0.4, 0.5) is 0 Å². The minimum atomic E-state index is -1.08. The van der Waals surface area contributed by atoms with E-state index >= 15 is 0 Å². The van der Waals surface area contributed by atoms with Gasteiger partial charge in [-0.2, -0.15) is 0 Å². The van der Waals surface area contributed by atoms with Gasteiger partial charge in [0.15, 0.2) is 0 Å². The Morgan fingerprint density at radius 3 is 2.73 bits per heavy atom. The van der Waals surface area contributed by atoms with E-state index < -0.39 is 5.60 Å². The van der Waals surface area contributed by atoms with Gasteiger partial charge < -0.3 is 24.6 Å². The van der Waals surface area contributed by atoms with E-state index in [1.54, 1.807) is 18.7 Å². The number of amides is 1. The van der Waals surface area contributed by atoms with Crippen molar-refractivity contribution < 1.29 is 14.6 Å². The molecule has 0 aromatic carbocycles. The summed E-state index contributed by atoms with van der Waals surface area (Å²) >= 11 is 0. The third kappa shape index (κ3) is 4.49. The van der Waals surface area contributed by atoms with Gasteiger partial charge in [-0.25, -0.2) is 4.98 Å². The largest absolute Gasteiger partial charge is 0.384 e.